The minimum absolute atomic E-state index is 0.219. The van der Waals surface area contributed by atoms with Crippen molar-refractivity contribution in [1.82, 2.24) is 0 Å². The molecule has 8 aromatic carbocycles. The van der Waals surface area contributed by atoms with Crippen molar-refractivity contribution >= 4 is 59.9 Å². The molecule has 0 unspecified atom stereocenters. The van der Waals surface area contributed by atoms with E-state index < -0.39 is 0 Å². The number of benzene rings is 8. The summed E-state index contributed by atoms with van der Waals surface area (Å²) in [6, 6.07) is 66.0. The molecule has 1 aromatic heterocycles. The van der Waals surface area contributed by atoms with Crippen LogP contribution < -0.4 is 0 Å². The maximum atomic E-state index is 9.06. The molecule has 3 heteroatoms. The van der Waals surface area contributed by atoms with E-state index in [9.17, 15) is 0 Å². The van der Waals surface area contributed by atoms with Crippen molar-refractivity contribution in [2.45, 2.75) is 0 Å². The first-order valence-electron chi connectivity index (χ1n) is 17.8. The number of hydrogen-bond acceptors (Lipinski definition) is 2. The second kappa shape index (κ2) is 14.1. The number of aliphatic imine (C=N–C) groups is 1. The molecule has 9 aromatic rings. The summed E-state index contributed by atoms with van der Waals surface area (Å²) in [5.41, 5.74) is 10.4. The predicted molar refractivity (Wildman–Crippen MR) is 228 cm³/mol. The van der Waals surface area contributed by atoms with Gasteiger partial charge in [-0.3, -0.25) is 5.41 Å². The van der Waals surface area contributed by atoms with Crippen LogP contribution in [0, 0.1) is 5.41 Å². The highest BCUT2D eigenvalue weighted by Gasteiger charge is 2.15. The molecule has 0 aliphatic rings. The lowest BCUT2D eigenvalue weighted by Gasteiger charge is -2.14. The molecule has 0 radical (unpaired) electrons. The van der Waals surface area contributed by atoms with Gasteiger partial charge in [-0.15, -0.1) is 11.3 Å². The zero-order valence-corrected chi connectivity index (χ0v) is 29.7. The largest absolute Gasteiger partial charge is 0.282 e. The summed E-state index contributed by atoms with van der Waals surface area (Å²) in [7, 11) is 0. The summed E-state index contributed by atoms with van der Waals surface area (Å²) in [5, 5.41) is 14.0. The smallest absolute Gasteiger partial charge is 0.152 e. The van der Waals surface area contributed by atoms with Crippen LogP contribution in [0.4, 0.5) is 0 Å². The Labute approximate surface area is 313 Å². The molecule has 0 amide bonds. The Morgan fingerprint density at radius 1 is 0.472 bits per heavy atom. The fourth-order valence-corrected chi connectivity index (χ4v) is 8.20. The van der Waals surface area contributed by atoms with Gasteiger partial charge in [0.25, 0.3) is 0 Å². The molecular formula is C50H34N2S. The maximum absolute atomic E-state index is 9.06. The van der Waals surface area contributed by atoms with Crippen LogP contribution in [0.1, 0.15) is 16.7 Å². The second-order valence-electron chi connectivity index (χ2n) is 13.2. The Bertz CT molecular complexity index is 2830. The van der Waals surface area contributed by atoms with Gasteiger partial charge in [-0.1, -0.05) is 152 Å². The minimum Gasteiger partial charge on any atom is -0.282 e. The highest BCUT2D eigenvalue weighted by molar-refractivity contribution is 7.25. The number of allylic oxidation sites excluding steroid dienone is 1. The van der Waals surface area contributed by atoms with Gasteiger partial charge in [0.15, 0.2) is 5.84 Å². The number of nitrogens with one attached hydrogen (secondary N) is 1. The van der Waals surface area contributed by atoms with Crippen molar-refractivity contribution < 1.29 is 0 Å². The normalized spacial score (nSPS) is 11.9. The molecule has 0 saturated heterocycles. The fraction of sp³-hybridized carbons (Fsp3) is 0. The summed E-state index contributed by atoms with van der Waals surface area (Å²) in [4.78, 5) is 5.01. The van der Waals surface area contributed by atoms with E-state index in [1.807, 2.05) is 65.9 Å². The molecule has 250 valence electrons. The lowest BCUT2D eigenvalue weighted by Crippen LogP contribution is -2.04. The van der Waals surface area contributed by atoms with E-state index in [1.54, 1.807) is 0 Å². The average molecular weight is 695 g/mol. The molecule has 0 atom stereocenters. The molecule has 0 aliphatic carbocycles. The van der Waals surface area contributed by atoms with Gasteiger partial charge in [0, 0.05) is 31.3 Å². The fourth-order valence-electron chi connectivity index (χ4n) is 7.07. The third kappa shape index (κ3) is 6.62. The van der Waals surface area contributed by atoms with Crippen LogP contribution in [-0.4, -0.2) is 11.5 Å². The van der Waals surface area contributed by atoms with Crippen molar-refractivity contribution in [2.24, 2.45) is 4.99 Å². The second-order valence-corrected chi connectivity index (χ2v) is 14.3. The van der Waals surface area contributed by atoms with Crippen LogP contribution in [0.25, 0.3) is 70.4 Å². The number of fused-ring (bicyclic) bond motifs is 4. The Balaban J connectivity index is 1.24. The number of amidine groups is 1. The van der Waals surface area contributed by atoms with Crippen molar-refractivity contribution in [2.75, 3.05) is 0 Å². The zero-order valence-electron chi connectivity index (χ0n) is 28.9. The first-order valence-corrected chi connectivity index (χ1v) is 18.6. The van der Waals surface area contributed by atoms with Crippen LogP contribution in [0.5, 0.6) is 0 Å². The van der Waals surface area contributed by atoms with Gasteiger partial charge in [-0.2, -0.15) is 0 Å². The third-order valence-corrected chi connectivity index (χ3v) is 10.9. The van der Waals surface area contributed by atoms with Gasteiger partial charge in [0.1, 0.15) is 0 Å². The Morgan fingerprint density at radius 2 is 1.09 bits per heavy atom. The summed E-state index contributed by atoms with van der Waals surface area (Å²) in [5.74, 6) is 0.219. The molecule has 0 saturated carbocycles. The van der Waals surface area contributed by atoms with Crippen LogP contribution >= 0.6 is 11.3 Å². The van der Waals surface area contributed by atoms with E-state index in [0.717, 1.165) is 39.1 Å². The SMILES string of the molecule is N=C(N=C(/C=C/c1ccccc1)c1cc(-c2ccc3cc(-c4ccccc4)ccc3c2)cc(-c2cccc3sc4ccccc4c23)c1)c1ccccc1. The van der Waals surface area contributed by atoms with Crippen molar-refractivity contribution in [3.63, 3.8) is 0 Å². The lowest BCUT2D eigenvalue weighted by atomic mass is 9.91. The monoisotopic (exact) mass is 694 g/mol. The van der Waals surface area contributed by atoms with E-state index in [0.29, 0.717) is 0 Å². The maximum Gasteiger partial charge on any atom is 0.152 e. The molecular weight excluding hydrogens is 661 g/mol. The Hall–Kier alpha value is -6.68. The Kier molecular flexibility index (Phi) is 8.61. The zero-order chi connectivity index (χ0) is 35.6. The van der Waals surface area contributed by atoms with Gasteiger partial charge in [-0.25, -0.2) is 4.99 Å². The molecule has 9 rings (SSSR count). The quantitative estimate of drug-likeness (QED) is 0.127. The topological polar surface area (TPSA) is 36.2 Å². The first kappa shape index (κ1) is 32.2. The number of nitrogens with zero attached hydrogens (tertiary/aromatic N) is 1. The van der Waals surface area contributed by atoms with Gasteiger partial charge in [0.05, 0.1) is 5.71 Å². The van der Waals surface area contributed by atoms with Gasteiger partial charge < -0.3 is 0 Å². The third-order valence-electron chi connectivity index (χ3n) is 9.74. The molecule has 0 bridgehead atoms. The highest BCUT2D eigenvalue weighted by atomic mass is 32.1. The van der Waals surface area contributed by atoms with E-state index in [2.05, 4.69) is 146 Å². The number of rotatable bonds is 7. The van der Waals surface area contributed by atoms with Gasteiger partial charge in [0.2, 0.25) is 0 Å². The summed E-state index contributed by atoms with van der Waals surface area (Å²) in [6.07, 6.45) is 4.12. The highest BCUT2D eigenvalue weighted by Crippen LogP contribution is 2.41. The van der Waals surface area contributed by atoms with E-state index in [4.69, 9.17) is 10.4 Å². The standard InChI is InChI=1S/C50H34N2S/c51-50(36-17-8-3-9-18-36)52-46(28-23-34-13-4-1-5-14-34)43-32-41(40-27-26-38-29-37(24-25-39(38)30-40)35-15-6-2-7-16-35)31-42(33-43)44-20-12-22-48-49(44)45-19-10-11-21-47(45)53-48/h1-33,51H/b28-23+,51-50?,52-46?. The lowest BCUT2D eigenvalue weighted by molar-refractivity contribution is 1.41. The van der Waals surface area contributed by atoms with Gasteiger partial charge in [-0.05, 0) is 98.3 Å². The molecule has 0 spiro atoms. The van der Waals surface area contributed by atoms with E-state index in [1.165, 1.54) is 47.6 Å². The molecule has 1 heterocycles. The average Bonchev–Trinajstić information content (AvgIpc) is 3.62. The summed E-state index contributed by atoms with van der Waals surface area (Å²) in [6.45, 7) is 0. The minimum atomic E-state index is 0.219. The molecule has 0 aliphatic heterocycles. The molecule has 1 N–H and O–H groups in total. The van der Waals surface area contributed by atoms with Crippen molar-refractivity contribution in [3.05, 3.63) is 211 Å². The Morgan fingerprint density at radius 3 is 1.85 bits per heavy atom. The van der Waals surface area contributed by atoms with Crippen LogP contribution in [0.3, 0.4) is 0 Å². The van der Waals surface area contributed by atoms with Crippen molar-refractivity contribution in [3.8, 4) is 33.4 Å². The van der Waals surface area contributed by atoms with E-state index >= 15 is 0 Å². The van der Waals surface area contributed by atoms with Gasteiger partial charge >= 0.3 is 0 Å². The summed E-state index contributed by atoms with van der Waals surface area (Å²) < 4.78 is 2.54. The van der Waals surface area contributed by atoms with Crippen molar-refractivity contribution in [1.29, 1.82) is 5.41 Å². The summed E-state index contributed by atoms with van der Waals surface area (Å²) >= 11 is 1.83. The first-order chi connectivity index (χ1) is 26.2. The molecule has 2 nitrogen and oxygen atoms in total. The van der Waals surface area contributed by atoms with E-state index in [-0.39, 0.29) is 5.84 Å². The molecule has 53 heavy (non-hydrogen) atoms. The van der Waals surface area contributed by atoms with Crippen LogP contribution in [-0.2, 0) is 0 Å². The predicted octanol–water partition coefficient (Wildman–Crippen LogP) is 13.7. The number of thiophene rings is 1. The van der Waals surface area contributed by atoms with Crippen LogP contribution in [0.2, 0.25) is 0 Å². The number of hydrogen-bond donors (Lipinski definition) is 1. The van der Waals surface area contributed by atoms with Crippen LogP contribution in [0.15, 0.2) is 199 Å². The molecule has 0 fully saturated rings.